The standard InChI is InChI=1S/C8H15N3OS/c1-5(4-12)6(2)9-8-10-7(3)11-13-8/h5-6,12H,4H2,1-3H3,(H,9,10,11). The van der Waals surface area contributed by atoms with E-state index in [0.717, 1.165) is 11.0 Å². The molecule has 0 aliphatic heterocycles. The number of aliphatic hydroxyl groups excluding tert-OH is 1. The van der Waals surface area contributed by atoms with Gasteiger partial charge in [-0.05, 0) is 19.8 Å². The van der Waals surface area contributed by atoms with Crippen molar-refractivity contribution in [3.8, 4) is 0 Å². The van der Waals surface area contributed by atoms with E-state index in [9.17, 15) is 0 Å². The number of hydrogen-bond donors (Lipinski definition) is 2. The zero-order chi connectivity index (χ0) is 9.84. The van der Waals surface area contributed by atoms with Crippen molar-refractivity contribution in [3.05, 3.63) is 5.82 Å². The lowest BCUT2D eigenvalue weighted by molar-refractivity contribution is 0.226. The van der Waals surface area contributed by atoms with Crippen LogP contribution in [0.4, 0.5) is 5.13 Å². The van der Waals surface area contributed by atoms with Crippen molar-refractivity contribution in [2.45, 2.75) is 26.8 Å². The highest BCUT2D eigenvalue weighted by Gasteiger charge is 2.12. The summed E-state index contributed by atoms with van der Waals surface area (Å²) in [6.45, 7) is 6.07. The van der Waals surface area contributed by atoms with Crippen molar-refractivity contribution >= 4 is 16.7 Å². The summed E-state index contributed by atoms with van der Waals surface area (Å²) < 4.78 is 4.06. The van der Waals surface area contributed by atoms with Gasteiger partial charge in [-0.15, -0.1) is 0 Å². The van der Waals surface area contributed by atoms with E-state index in [1.807, 2.05) is 20.8 Å². The molecule has 0 saturated carbocycles. The number of aromatic nitrogens is 2. The molecule has 1 aromatic heterocycles. The normalized spacial score (nSPS) is 15.4. The zero-order valence-electron chi connectivity index (χ0n) is 8.11. The van der Waals surface area contributed by atoms with Gasteiger partial charge in [0.25, 0.3) is 0 Å². The third kappa shape index (κ3) is 2.93. The molecule has 1 aromatic rings. The highest BCUT2D eigenvalue weighted by atomic mass is 32.1. The molecule has 0 saturated heterocycles. The second kappa shape index (κ2) is 4.53. The lowest BCUT2D eigenvalue weighted by Gasteiger charge is -2.17. The van der Waals surface area contributed by atoms with Crippen molar-refractivity contribution in [2.75, 3.05) is 11.9 Å². The Morgan fingerprint density at radius 1 is 1.54 bits per heavy atom. The summed E-state index contributed by atoms with van der Waals surface area (Å²) in [5.41, 5.74) is 0. The predicted molar refractivity (Wildman–Crippen MR) is 54.0 cm³/mol. The lowest BCUT2D eigenvalue weighted by atomic mass is 10.1. The third-order valence-electron chi connectivity index (χ3n) is 2.02. The first kappa shape index (κ1) is 10.4. The van der Waals surface area contributed by atoms with E-state index >= 15 is 0 Å². The van der Waals surface area contributed by atoms with Crippen LogP contribution in [0.25, 0.3) is 0 Å². The number of aryl methyl sites for hydroxylation is 1. The number of anilines is 1. The minimum atomic E-state index is 0.186. The van der Waals surface area contributed by atoms with Gasteiger partial charge in [0.05, 0.1) is 0 Å². The summed E-state index contributed by atoms with van der Waals surface area (Å²) in [4.78, 5) is 4.18. The molecule has 4 nitrogen and oxygen atoms in total. The molecule has 1 heterocycles. The van der Waals surface area contributed by atoms with Gasteiger partial charge in [0, 0.05) is 24.2 Å². The highest BCUT2D eigenvalue weighted by Crippen LogP contribution is 2.14. The molecule has 0 aliphatic carbocycles. The van der Waals surface area contributed by atoms with E-state index in [0.29, 0.717) is 0 Å². The molecule has 0 aliphatic rings. The average Bonchev–Trinajstić information content (AvgIpc) is 2.49. The maximum Gasteiger partial charge on any atom is 0.202 e. The molecule has 1 rings (SSSR count). The van der Waals surface area contributed by atoms with Gasteiger partial charge in [-0.2, -0.15) is 4.37 Å². The van der Waals surface area contributed by atoms with Gasteiger partial charge in [-0.3, -0.25) is 0 Å². The molecule has 5 heteroatoms. The number of rotatable bonds is 4. The Bertz CT molecular complexity index is 264. The molecule has 0 fully saturated rings. The zero-order valence-corrected chi connectivity index (χ0v) is 8.93. The summed E-state index contributed by atoms with van der Waals surface area (Å²) in [5.74, 6) is 1.01. The van der Waals surface area contributed by atoms with E-state index in [4.69, 9.17) is 5.11 Å². The summed E-state index contributed by atoms with van der Waals surface area (Å²) >= 11 is 1.35. The van der Waals surface area contributed by atoms with Crippen molar-refractivity contribution in [1.82, 2.24) is 9.36 Å². The Morgan fingerprint density at radius 2 is 2.23 bits per heavy atom. The molecule has 0 amide bonds. The van der Waals surface area contributed by atoms with E-state index in [1.165, 1.54) is 11.5 Å². The smallest absolute Gasteiger partial charge is 0.202 e. The Kier molecular flexibility index (Phi) is 3.62. The fourth-order valence-corrected chi connectivity index (χ4v) is 1.52. The van der Waals surface area contributed by atoms with Crippen molar-refractivity contribution in [3.63, 3.8) is 0 Å². The number of nitrogens with zero attached hydrogens (tertiary/aromatic N) is 2. The van der Waals surface area contributed by atoms with Crippen LogP contribution in [0.3, 0.4) is 0 Å². The maximum atomic E-state index is 8.92. The van der Waals surface area contributed by atoms with Crippen LogP contribution in [-0.4, -0.2) is 27.1 Å². The molecular weight excluding hydrogens is 186 g/mol. The number of nitrogens with one attached hydrogen (secondary N) is 1. The molecule has 74 valence electrons. The number of aliphatic hydroxyl groups is 1. The topological polar surface area (TPSA) is 58.0 Å². The molecule has 0 spiro atoms. The average molecular weight is 201 g/mol. The molecular formula is C8H15N3OS. The van der Waals surface area contributed by atoms with E-state index in [1.54, 1.807) is 0 Å². The monoisotopic (exact) mass is 201 g/mol. The Labute approximate surface area is 82.2 Å². The Morgan fingerprint density at radius 3 is 2.69 bits per heavy atom. The van der Waals surface area contributed by atoms with Crippen molar-refractivity contribution in [2.24, 2.45) is 5.92 Å². The first-order valence-corrected chi connectivity index (χ1v) is 5.08. The fourth-order valence-electron chi connectivity index (χ4n) is 0.851. The van der Waals surface area contributed by atoms with Gasteiger partial charge in [0.15, 0.2) is 0 Å². The van der Waals surface area contributed by atoms with Crippen molar-refractivity contribution in [1.29, 1.82) is 0 Å². The molecule has 0 radical (unpaired) electrons. The largest absolute Gasteiger partial charge is 0.396 e. The Hall–Kier alpha value is -0.680. The van der Waals surface area contributed by atoms with E-state index < -0.39 is 0 Å². The molecule has 13 heavy (non-hydrogen) atoms. The summed E-state index contributed by atoms with van der Waals surface area (Å²) in [7, 11) is 0. The first-order valence-electron chi connectivity index (χ1n) is 4.31. The quantitative estimate of drug-likeness (QED) is 0.770. The maximum absolute atomic E-state index is 8.92. The van der Waals surface area contributed by atoms with Crippen LogP contribution in [-0.2, 0) is 0 Å². The molecule has 2 N–H and O–H groups in total. The van der Waals surface area contributed by atoms with Crippen LogP contribution in [0.5, 0.6) is 0 Å². The third-order valence-corrected chi connectivity index (χ3v) is 2.76. The molecule has 0 bridgehead atoms. The van der Waals surface area contributed by atoms with Gasteiger partial charge in [-0.25, -0.2) is 4.98 Å². The second-order valence-electron chi connectivity index (χ2n) is 3.24. The second-order valence-corrected chi connectivity index (χ2v) is 3.99. The van der Waals surface area contributed by atoms with Gasteiger partial charge < -0.3 is 10.4 Å². The van der Waals surface area contributed by atoms with Crippen LogP contribution in [0.2, 0.25) is 0 Å². The first-order chi connectivity index (χ1) is 6.13. The highest BCUT2D eigenvalue weighted by molar-refractivity contribution is 7.09. The van der Waals surface area contributed by atoms with Crippen molar-refractivity contribution < 1.29 is 5.11 Å². The van der Waals surface area contributed by atoms with Gasteiger partial charge in [-0.1, -0.05) is 6.92 Å². The van der Waals surface area contributed by atoms with Crippen LogP contribution in [0, 0.1) is 12.8 Å². The number of hydrogen-bond acceptors (Lipinski definition) is 5. The Balaban J connectivity index is 2.49. The van der Waals surface area contributed by atoms with Crippen LogP contribution < -0.4 is 5.32 Å². The van der Waals surface area contributed by atoms with Gasteiger partial charge in [0.2, 0.25) is 5.13 Å². The minimum Gasteiger partial charge on any atom is -0.396 e. The predicted octanol–water partition coefficient (Wildman–Crippen LogP) is 1.28. The van der Waals surface area contributed by atoms with Crippen LogP contribution in [0.15, 0.2) is 0 Å². The van der Waals surface area contributed by atoms with E-state index in [2.05, 4.69) is 14.7 Å². The fraction of sp³-hybridized carbons (Fsp3) is 0.750. The molecule has 0 aromatic carbocycles. The lowest BCUT2D eigenvalue weighted by Crippen LogP contribution is -2.26. The summed E-state index contributed by atoms with van der Waals surface area (Å²) in [5, 5.41) is 12.9. The van der Waals surface area contributed by atoms with Gasteiger partial charge >= 0.3 is 0 Å². The SMILES string of the molecule is Cc1nsc(NC(C)C(C)CO)n1. The van der Waals surface area contributed by atoms with Crippen LogP contribution >= 0.6 is 11.5 Å². The van der Waals surface area contributed by atoms with Gasteiger partial charge in [0.1, 0.15) is 5.82 Å². The van der Waals surface area contributed by atoms with Crippen LogP contribution in [0.1, 0.15) is 19.7 Å². The minimum absolute atomic E-state index is 0.186. The summed E-state index contributed by atoms with van der Waals surface area (Å²) in [6.07, 6.45) is 0. The molecule has 2 atom stereocenters. The summed E-state index contributed by atoms with van der Waals surface area (Å²) in [6, 6.07) is 0.220. The van der Waals surface area contributed by atoms with E-state index in [-0.39, 0.29) is 18.6 Å². The molecule has 2 unspecified atom stereocenters.